The molecular formula is C10H21NO2Si. The molecule has 1 aliphatic rings. The Morgan fingerprint density at radius 1 is 1.64 bits per heavy atom. The van der Waals surface area contributed by atoms with Crippen molar-refractivity contribution in [3.05, 3.63) is 0 Å². The van der Waals surface area contributed by atoms with E-state index < -0.39 is 0 Å². The lowest BCUT2D eigenvalue weighted by molar-refractivity contribution is -0.119. The molecule has 14 heavy (non-hydrogen) atoms. The number of carbonyl (C=O) groups is 1. The topological polar surface area (TPSA) is 52.3 Å². The van der Waals surface area contributed by atoms with E-state index in [0.717, 1.165) is 23.3 Å². The molecule has 82 valence electrons. The first-order valence-electron chi connectivity index (χ1n) is 5.44. The fourth-order valence-corrected chi connectivity index (χ4v) is 3.56. The van der Waals surface area contributed by atoms with E-state index in [4.69, 9.17) is 10.5 Å². The molecule has 1 heterocycles. The van der Waals surface area contributed by atoms with Crippen LogP contribution < -0.4 is 5.73 Å². The second-order valence-electron chi connectivity index (χ2n) is 4.74. The van der Waals surface area contributed by atoms with Gasteiger partial charge in [-0.1, -0.05) is 6.92 Å². The zero-order valence-electron chi connectivity index (χ0n) is 9.21. The Bertz CT molecular complexity index is 202. The van der Waals surface area contributed by atoms with Gasteiger partial charge in [-0.2, -0.15) is 0 Å². The lowest BCUT2D eigenvalue weighted by Crippen LogP contribution is -2.38. The van der Waals surface area contributed by atoms with Crippen LogP contribution in [-0.4, -0.2) is 28.0 Å². The molecule has 0 aromatic rings. The highest BCUT2D eigenvalue weighted by atomic mass is 28.1. The predicted octanol–water partition coefficient (Wildman–Crippen LogP) is 0.150. The molecular weight excluding hydrogens is 194 g/mol. The van der Waals surface area contributed by atoms with Gasteiger partial charge in [0.25, 0.3) is 0 Å². The fourth-order valence-electron chi connectivity index (χ4n) is 2.31. The molecule has 1 rings (SSSR count). The van der Waals surface area contributed by atoms with Crippen molar-refractivity contribution in [1.29, 1.82) is 0 Å². The van der Waals surface area contributed by atoms with Crippen LogP contribution in [0.25, 0.3) is 0 Å². The van der Waals surface area contributed by atoms with E-state index in [2.05, 4.69) is 6.92 Å². The highest BCUT2D eigenvalue weighted by molar-refractivity contribution is 6.14. The molecule has 0 saturated carbocycles. The largest absolute Gasteiger partial charge is 0.380 e. The van der Waals surface area contributed by atoms with E-state index in [1.807, 2.05) is 0 Å². The standard InChI is InChI=1S/C10H21NO2Si/c1-8(6-9(11)12)7-10(14)4-2-3-5-13-10/h8H,2-7H2,1,14H3,(H2,11,12). The summed E-state index contributed by atoms with van der Waals surface area (Å²) in [6.45, 7) is 2.98. The monoisotopic (exact) mass is 215 g/mol. The van der Waals surface area contributed by atoms with Crippen molar-refractivity contribution in [2.45, 2.75) is 44.3 Å². The summed E-state index contributed by atoms with van der Waals surface area (Å²) >= 11 is 0. The molecule has 4 heteroatoms. The lowest BCUT2D eigenvalue weighted by atomic mass is 9.95. The highest BCUT2D eigenvalue weighted by Gasteiger charge is 2.29. The molecule has 1 saturated heterocycles. The van der Waals surface area contributed by atoms with Crippen LogP contribution in [0.2, 0.25) is 0 Å². The Morgan fingerprint density at radius 2 is 2.36 bits per heavy atom. The maximum Gasteiger partial charge on any atom is 0.217 e. The molecule has 2 unspecified atom stereocenters. The Kier molecular flexibility index (Phi) is 4.13. The second-order valence-corrected chi connectivity index (χ2v) is 6.56. The predicted molar refractivity (Wildman–Crippen MR) is 60.1 cm³/mol. The molecule has 0 bridgehead atoms. The minimum atomic E-state index is -0.196. The summed E-state index contributed by atoms with van der Waals surface area (Å²) in [7, 11) is 1.05. The first kappa shape index (κ1) is 11.7. The first-order valence-corrected chi connectivity index (χ1v) is 6.44. The van der Waals surface area contributed by atoms with Crippen LogP contribution in [-0.2, 0) is 9.53 Å². The van der Waals surface area contributed by atoms with Gasteiger partial charge in [0.1, 0.15) is 0 Å². The van der Waals surface area contributed by atoms with Gasteiger partial charge in [0, 0.05) is 28.5 Å². The van der Waals surface area contributed by atoms with Crippen molar-refractivity contribution in [2.75, 3.05) is 6.61 Å². The number of carbonyl (C=O) groups excluding carboxylic acids is 1. The Morgan fingerprint density at radius 3 is 2.86 bits per heavy atom. The average molecular weight is 215 g/mol. The maximum atomic E-state index is 10.7. The molecule has 0 aliphatic carbocycles. The zero-order chi connectivity index (χ0) is 10.6. The van der Waals surface area contributed by atoms with Crippen LogP contribution in [0.1, 0.15) is 39.0 Å². The molecule has 0 aromatic heterocycles. The average Bonchev–Trinajstić information content (AvgIpc) is 2.02. The number of amides is 1. The van der Waals surface area contributed by atoms with Gasteiger partial charge in [0.15, 0.2) is 0 Å². The van der Waals surface area contributed by atoms with Crippen molar-refractivity contribution in [2.24, 2.45) is 11.7 Å². The van der Waals surface area contributed by atoms with Crippen molar-refractivity contribution in [1.82, 2.24) is 0 Å². The quantitative estimate of drug-likeness (QED) is 0.679. The molecule has 2 atom stereocenters. The zero-order valence-corrected chi connectivity index (χ0v) is 11.2. The number of hydrogen-bond donors (Lipinski definition) is 1. The van der Waals surface area contributed by atoms with Crippen LogP contribution in [0.5, 0.6) is 0 Å². The second kappa shape index (κ2) is 4.93. The number of primary amides is 1. The molecule has 0 radical (unpaired) electrons. The third kappa shape index (κ3) is 3.80. The van der Waals surface area contributed by atoms with E-state index in [1.165, 1.54) is 19.3 Å². The lowest BCUT2D eigenvalue weighted by Gasteiger charge is -2.36. The van der Waals surface area contributed by atoms with Gasteiger partial charge in [-0.15, -0.1) is 0 Å². The van der Waals surface area contributed by atoms with Gasteiger partial charge >= 0.3 is 0 Å². The van der Waals surface area contributed by atoms with E-state index in [-0.39, 0.29) is 11.1 Å². The minimum Gasteiger partial charge on any atom is -0.380 e. The van der Waals surface area contributed by atoms with Gasteiger partial charge in [0.2, 0.25) is 5.91 Å². The molecule has 0 spiro atoms. The fraction of sp³-hybridized carbons (Fsp3) is 0.900. The maximum absolute atomic E-state index is 10.7. The first-order chi connectivity index (χ1) is 6.52. The molecule has 1 aliphatic heterocycles. The smallest absolute Gasteiger partial charge is 0.217 e. The third-order valence-corrected chi connectivity index (χ3v) is 4.08. The molecule has 2 N–H and O–H groups in total. The molecule has 3 nitrogen and oxygen atoms in total. The summed E-state index contributed by atoms with van der Waals surface area (Å²) in [6, 6.07) is 0. The normalized spacial score (nSPS) is 30.1. The van der Waals surface area contributed by atoms with E-state index in [9.17, 15) is 4.79 Å². The summed E-state index contributed by atoms with van der Waals surface area (Å²) in [6.07, 6.45) is 5.12. The summed E-state index contributed by atoms with van der Waals surface area (Å²) < 4.78 is 5.83. The number of ether oxygens (including phenoxy) is 1. The Labute approximate surface area is 88.8 Å². The van der Waals surface area contributed by atoms with Crippen LogP contribution in [0.4, 0.5) is 0 Å². The minimum absolute atomic E-state index is 0.118. The van der Waals surface area contributed by atoms with Crippen molar-refractivity contribution in [3.63, 3.8) is 0 Å². The van der Waals surface area contributed by atoms with Crippen LogP contribution >= 0.6 is 0 Å². The van der Waals surface area contributed by atoms with Crippen molar-refractivity contribution < 1.29 is 9.53 Å². The molecule has 1 fully saturated rings. The van der Waals surface area contributed by atoms with Gasteiger partial charge in [-0.3, -0.25) is 4.79 Å². The highest BCUT2D eigenvalue weighted by Crippen LogP contribution is 2.29. The Hall–Kier alpha value is -0.353. The number of rotatable bonds is 4. The summed E-state index contributed by atoms with van der Waals surface area (Å²) in [4.78, 5) is 10.7. The van der Waals surface area contributed by atoms with Gasteiger partial charge in [0.05, 0.1) is 0 Å². The molecule has 0 aromatic carbocycles. The summed E-state index contributed by atoms with van der Waals surface area (Å²) in [5.41, 5.74) is 5.17. The SMILES string of the molecule is CC(CC(N)=O)CC1([SiH3])CCCCO1. The van der Waals surface area contributed by atoms with Crippen LogP contribution in [0.15, 0.2) is 0 Å². The van der Waals surface area contributed by atoms with E-state index >= 15 is 0 Å². The summed E-state index contributed by atoms with van der Waals surface area (Å²) in [5, 5.41) is 0.118. The number of nitrogens with two attached hydrogens (primary N) is 1. The molecule has 1 amide bonds. The van der Waals surface area contributed by atoms with E-state index in [0.29, 0.717) is 12.3 Å². The van der Waals surface area contributed by atoms with Gasteiger partial charge in [-0.25, -0.2) is 0 Å². The van der Waals surface area contributed by atoms with Crippen molar-refractivity contribution >= 4 is 16.1 Å². The van der Waals surface area contributed by atoms with Crippen LogP contribution in [0, 0.1) is 5.92 Å². The van der Waals surface area contributed by atoms with Gasteiger partial charge < -0.3 is 10.5 Å². The summed E-state index contributed by atoms with van der Waals surface area (Å²) in [5.74, 6) is 0.168. The van der Waals surface area contributed by atoms with Crippen LogP contribution in [0.3, 0.4) is 0 Å². The van der Waals surface area contributed by atoms with Crippen molar-refractivity contribution in [3.8, 4) is 0 Å². The number of hydrogen-bond acceptors (Lipinski definition) is 2. The van der Waals surface area contributed by atoms with Gasteiger partial charge in [-0.05, 0) is 31.6 Å². The third-order valence-electron chi connectivity index (χ3n) is 2.88. The Balaban J connectivity index is 2.36. The van der Waals surface area contributed by atoms with E-state index in [1.54, 1.807) is 0 Å².